The molecule has 0 unspecified atom stereocenters. The van der Waals surface area contributed by atoms with Crippen molar-refractivity contribution in [3.63, 3.8) is 0 Å². The Morgan fingerprint density at radius 2 is 1.30 bits per heavy atom. The normalized spacial score (nSPS) is 8.00. The Balaban J connectivity index is 0. The maximum atomic E-state index is 9.79. The molecule has 10 heavy (non-hydrogen) atoms. The van der Waals surface area contributed by atoms with Crippen molar-refractivity contribution >= 4 is 37.8 Å². The van der Waals surface area contributed by atoms with Crippen molar-refractivity contribution in [3.05, 3.63) is 0 Å². The second-order valence-electron chi connectivity index (χ2n) is 1.64. The topological polar surface area (TPSA) is 74.6 Å². The molecule has 0 radical (unpaired) electrons. The molecule has 0 amide bonds. The van der Waals surface area contributed by atoms with E-state index in [1.807, 2.05) is 0 Å². The number of aliphatic carboxylic acids is 2. The molecule has 0 atom stereocenters. The Hall–Kier alpha value is -0.190. The molecule has 0 aliphatic rings. The van der Waals surface area contributed by atoms with Crippen LogP contribution in [0.2, 0.25) is 0 Å². The first-order valence-electron chi connectivity index (χ1n) is 2.56. The van der Waals surface area contributed by atoms with Crippen LogP contribution in [-0.2, 0) is 9.59 Å². The third-order valence-corrected chi connectivity index (χ3v) is 0.781. The van der Waals surface area contributed by atoms with Gasteiger partial charge in [0.1, 0.15) is 0 Å². The van der Waals surface area contributed by atoms with E-state index in [4.69, 9.17) is 10.2 Å². The van der Waals surface area contributed by atoms with Crippen molar-refractivity contribution in [2.45, 2.75) is 19.3 Å². The number of carboxylic acid groups (broad SMARTS) is 2. The van der Waals surface area contributed by atoms with E-state index in [1.165, 1.54) is 0 Å². The van der Waals surface area contributed by atoms with Gasteiger partial charge in [0.15, 0.2) is 0 Å². The van der Waals surface area contributed by atoms with E-state index < -0.39 is 11.9 Å². The molecule has 0 heterocycles. The Morgan fingerprint density at radius 1 is 1.00 bits per heavy atom. The van der Waals surface area contributed by atoms with Crippen molar-refractivity contribution in [1.82, 2.24) is 0 Å². The van der Waals surface area contributed by atoms with Crippen molar-refractivity contribution in [2.75, 3.05) is 0 Å². The summed E-state index contributed by atoms with van der Waals surface area (Å²) < 4.78 is 0. The van der Waals surface area contributed by atoms with Gasteiger partial charge in [-0.3, -0.25) is 9.59 Å². The molecule has 2 N–H and O–H groups in total. The molecular formula is C5H11InO4. The van der Waals surface area contributed by atoms with Gasteiger partial charge in [0.2, 0.25) is 0 Å². The Morgan fingerprint density at radius 3 is 1.50 bits per heavy atom. The molecule has 5 heteroatoms. The summed E-state index contributed by atoms with van der Waals surface area (Å²) >= 11 is 0. The van der Waals surface area contributed by atoms with Crippen molar-refractivity contribution in [1.29, 1.82) is 0 Å². The van der Waals surface area contributed by atoms with Gasteiger partial charge in [0.25, 0.3) is 0 Å². The fourth-order valence-electron chi connectivity index (χ4n) is 0.391. The fourth-order valence-corrected chi connectivity index (χ4v) is 0.391. The molecule has 0 saturated carbocycles. The standard InChI is InChI=1S/C5H8O4.In.3H/c6-4(7)2-1-3-5(8)9;;;;/h1-3H2,(H,6,7)(H,8,9);;;;. The van der Waals surface area contributed by atoms with Gasteiger partial charge in [-0.15, -0.1) is 0 Å². The van der Waals surface area contributed by atoms with E-state index in [9.17, 15) is 9.59 Å². The first-order valence-corrected chi connectivity index (χ1v) is 2.56. The zero-order valence-electron chi connectivity index (χ0n) is 4.83. The van der Waals surface area contributed by atoms with Crippen LogP contribution in [0.4, 0.5) is 0 Å². The van der Waals surface area contributed by atoms with Gasteiger partial charge >= 0.3 is 37.8 Å². The quantitative estimate of drug-likeness (QED) is 0.680. The van der Waals surface area contributed by atoms with Gasteiger partial charge in [0, 0.05) is 12.8 Å². The number of hydrogen-bond acceptors (Lipinski definition) is 2. The van der Waals surface area contributed by atoms with Crippen LogP contribution in [0, 0.1) is 0 Å². The summed E-state index contributed by atoms with van der Waals surface area (Å²) in [6.07, 6.45) is 0.0866. The second-order valence-corrected chi connectivity index (χ2v) is 1.64. The van der Waals surface area contributed by atoms with Gasteiger partial charge in [-0.1, -0.05) is 0 Å². The molecule has 0 aliphatic carbocycles. The van der Waals surface area contributed by atoms with Crippen molar-refractivity contribution in [2.24, 2.45) is 0 Å². The minimum atomic E-state index is -0.948. The third kappa shape index (κ3) is 10.7. The maximum absolute atomic E-state index is 9.79. The average molecular weight is 250 g/mol. The van der Waals surface area contributed by atoms with Crippen molar-refractivity contribution in [3.8, 4) is 0 Å². The molecule has 0 aromatic heterocycles. The summed E-state index contributed by atoms with van der Waals surface area (Å²) in [6.45, 7) is 0. The summed E-state index contributed by atoms with van der Waals surface area (Å²) in [4.78, 5) is 19.6. The number of carboxylic acids is 2. The van der Waals surface area contributed by atoms with Crippen LogP contribution in [0.25, 0.3) is 0 Å². The number of rotatable bonds is 4. The van der Waals surface area contributed by atoms with Crippen LogP contribution in [0.5, 0.6) is 0 Å². The van der Waals surface area contributed by atoms with Gasteiger partial charge in [-0.2, -0.15) is 0 Å². The van der Waals surface area contributed by atoms with E-state index in [0.29, 0.717) is 0 Å². The summed E-state index contributed by atoms with van der Waals surface area (Å²) in [7, 11) is 0. The van der Waals surface area contributed by atoms with E-state index in [1.54, 1.807) is 0 Å². The minimum absolute atomic E-state index is 0. The first-order chi connectivity index (χ1) is 4.13. The fraction of sp³-hybridized carbons (Fsp3) is 0.600. The Kier molecular flexibility index (Phi) is 8.64. The second kappa shape index (κ2) is 6.92. The van der Waals surface area contributed by atoms with Gasteiger partial charge in [-0.25, -0.2) is 0 Å². The first kappa shape index (κ1) is 12.5. The monoisotopic (exact) mass is 250 g/mol. The van der Waals surface area contributed by atoms with Crippen LogP contribution in [0.3, 0.4) is 0 Å². The molecule has 58 valence electrons. The van der Waals surface area contributed by atoms with E-state index in [2.05, 4.69) is 0 Å². The zero-order chi connectivity index (χ0) is 7.28. The Bertz CT molecular complexity index is 109. The molecule has 0 fully saturated rings. The molecule has 0 bridgehead atoms. The van der Waals surface area contributed by atoms with Crippen LogP contribution in [0.1, 0.15) is 19.3 Å². The summed E-state index contributed by atoms with van der Waals surface area (Å²) in [5, 5.41) is 16.1. The number of carbonyl (C=O) groups is 2. The van der Waals surface area contributed by atoms with Gasteiger partial charge in [-0.05, 0) is 6.42 Å². The average Bonchev–Trinajstić information content (AvgIpc) is 1.63. The van der Waals surface area contributed by atoms with Crippen LogP contribution < -0.4 is 0 Å². The zero-order valence-corrected chi connectivity index (χ0v) is 4.83. The molecule has 0 rings (SSSR count). The molecule has 0 saturated heterocycles. The molecule has 0 aromatic rings. The SMILES string of the molecule is O=C(O)CCCC(=O)O.[InH3]. The van der Waals surface area contributed by atoms with Crippen LogP contribution >= 0.6 is 0 Å². The molecular weight excluding hydrogens is 239 g/mol. The third-order valence-electron chi connectivity index (χ3n) is 0.781. The van der Waals surface area contributed by atoms with E-state index in [-0.39, 0.29) is 45.1 Å². The van der Waals surface area contributed by atoms with E-state index >= 15 is 0 Å². The molecule has 4 nitrogen and oxygen atoms in total. The Labute approximate surface area is 77.0 Å². The van der Waals surface area contributed by atoms with Gasteiger partial charge in [0.05, 0.1) is 0 Å². The number of hydrogen-bond donors (Lipinski definition) is 2. The van der Waals surface area contributed by atoms with E-state index in [0.717, 1.165) is 0 Å². The molecule has 0 aliphatic heterocycles. The molecule has 0 aromatic carbocycles. The van der Waals surface area contributed by atoms with Gasteiger partial charge < -0.3 is 10.2 Å². The van der Waals surface area contributed by atoms with Crippen molar-refractivity contribution < 1.29 is 19.8 Å². The van der Waals surface area contributed by atoms with Crippen LogP contribution in [0.15, 0.2) is 0 Å². The predicted molar refractivity (Wildman–Crippen MR) is 39.1 cm³/mol. The van der Waals surface area contributed by atoms with Crippen LogP contribution in [-0.4, -0.2) is 48.0 Å². The summed E-state index contributed by atoms with van der Waals surface area (Å²) in [5.41, 5.74) is 0. The summed E-state index contributed by atoms with van der Waals surface area (Å²) in [6, 6.07) is 0. The molecule has 0 spiro atoms. The predicted octanol–water partition coefficient (Wildman–Crippen LogP) is -0.858. The summed E-state index contributed by atoms with van der Waals surface area (Å²) in [5.74, 6) is -1.90.